The van der Waals surface area contributed by atoms with Gasteiger partial charge in [-0.15, -0.1) is 5.10 Å². The molecular formula is C39H41N5O10. The lowest BCUT2D eigenvalue weighted by Crippen LogP contribution is -2.38. The number of amides is 1. The lowest BCUT2D eigenvalue weighted by atomic mass is 9.80. The molecule has 3 heterocycles. The quantitative estimate of drug-likeness (QED) is 0.102. The number of fused-ring (bicyclic) bond motifs is 1. The zero-order valence-corrected chi connectivity index (χ0v) is 29.9. The maximum atomic E-state index is 13.1. The number of hydrogen-bond donors (Lipinski definition) is 4. The number of ether oxygens (including phenoxy) is 4. The highest BCUT2D eigenvalue weighted by Crippen LogP contribution is 2.43. The highest BCUT2D eigenvalue weighted by Gasteiger charge is 2.42. The summed E-state index contributed by atoms with van der Waals surface area (Å²) in [6.45, 7) is 1.50. The summed E-state index contributed by atoms with van der Waals surface area (Å²) in [5.41, 5.74) is 1.63. The van der Waals surface area contributed by atoms with Gasteiger partial charge in [-0.25, -0.2) is 14.6 Å². The normalized spacial score (nSPS) is 18.2. The Morgan fingerprint density at radius 2 is 1.54 bits per heavy atom. The summed E-state index contributed by atoms with van der Waals surface area (Å²) in [7, 11) is 3.21. The van der Waals surface area contributed by atoms with Crippen molar-refractivity contribution >= 4 is 34.7 Å². The summed E-state index contributed by atoms with van der Waals surface area (Å²) in [4.78, 5) is 44.1. The molecule has 54 heavy (non-hydrogen) atoms. The molecule has 2 unspecified atom stereocenters. The minimum Gasteiger partial charge on any atom is -0.497 e. The van der Waals surface area contributed by atoms with Crippen molar-refractivity contribution in [3.05, 3.63) is 108 Å². The summed E-state index contributed by atoms with van der Waals surface area (Å²) in [6.07, 6.45) is -0.185. The van der Waals surface area contributed by atoms with Gasteiger partial charge in [0.15, 0.2) is 11.9 Å². The Morgan fingerprint density at radius 3 is 2.11 bits per heavy atom. The number of anilines is 1. The second kappa shape index (κ2) is 16.4. The number of hydrogen-bond acceptors (Lipinski definition) is 11. The van der Waals surface area contributed by atoms with Gasteiger partial charge in [0.1, 0.15) is 35.3 Å². The first kappa shape index (κ1) is 37.8. The van der Waals surface area contributed by atoms with E-state index in [0.717, 1.165) is 16.7 Å². The number of nitrogens with one attached hydrogen (secondary N) is 1. The molecule has 0 spiro atoms. The molecule has 15 heteroatoms. The first-order valence-electron chi connectivity index (χ1n) is 17.3. The van der Waals surface area contributed by atoms with Crippen molar-refractivity contribution in [1.82, 2.24) is 19.7 Å². The van der Waals surface area contributed by atoms with Crippen LogP contribution in [0.4, 0.5) is 5.82 Å². The number of aliphatic hydroxyl groups excluding tert-OH is 1. The van der Waals surface area contributed by atoms with Crippen molar-refractivity contribution in [1.29, 1.82) is 0 Å². The van der Waals surface area contributed by atoms with E-state index in [1.165, 1.54) is 17.9 Å². The number of carbonyl (C=O) groups excluding carboxylic acids is 1. The maximum Gasteiger partial charge on any atom is 0.307 e. The number of aliphatic hydroxyl groups is 1. The lowest BCUT2D eigenvalue weighted by Gasteiger charge is -2.37. The zero-order valence-electron chi connectivity index (χ0n) is 29.9. The van der Waals surface area contributed by atoms with Crippen LogP contribution < -0.4 is 14.8 Å². The van der Waals surface area contributed by atoms with Crippen LogP contribution in [-0.2, 0) is 29.5 Å². The van der Waals surface area contributed by atoms with Gasteiger partial charge >= 0.3 is 11.9 Å². The number of rotatable bonds is 16. The maximum absolute atomic E-state index is 13.1. The van der Waals surface area contributed by atoms with Crippen molar-refractivity contribution in [3.8, 4) is 11.5 Å². The largest absolute Gasteiger partial charge is 0.497 e. The first-order chi connectivity index (χ1) is 26.0. The molecule has 0 saturated carbocycles. The third-order valence-corrected chi connectivity index (χ3v) is 9.57. The Kier molecular flexibility index (Phi) is 11.5. The first-order valence-corrected chi connectivity index (χ1v) is 17.3. The third kappa shape index (κ3) is 8.02. The minimum atomic E-state index is -1.29. The van der Waals surface area contributed by atoms with E-state index in [-0.39, 0.29) is 30.9 Å². The average Bonchev–Trinajstić information content (AvgIpc) is 3.79. The number of methoxy groups -OCH3 is 2. The van der Waals surface area contributed by atoms with Gasteiger partial charge in [0, 0.05) is 18.5 Å². The van der Waals surface area contributed by atoms with Crippen LogP contribution in [0.3, 0.4) is 0 Å². The molecule has 3 aromatic carbocycles. The van der Waals surface area contributed by atoms with Crippen molar-refractivity contribution in [2.24, 2.45) is 11.8 Å². The van der Waals surface area contributed by atoms with E-state index < -0.39 is 60.1 Å². The Hall–Kier alpha value is -5.90. The van der Waals surface area contributed by atoms with E-state index in [0.29, 0.717) is 16.9 Å². The van der Waals surface area contributed by atoms with Gasteiger partial charge in [0.25, 0.3) is 0 Å². The molecular weight excluding hydrogens is 698 g/mol. The van der Waals surface area contributed by atoms with E-state index in [1.54, 1.807) is 20.4 Å². The van der Waals surface area contributed by atoms with E-state index in [1.807, 2.05) is 78.9 Å². The van der Waals surface area contributed by atoms with Gasteiger partial charge in [0.05, 0.1) is 44.7 Å². The van der Waals surface area contributed by atoms with Gasteiger partial charge in [-0.1, -0.05) is 61.5 Å². The summed E-state index contributed by atoms with van der Waals surface area (Å²) >= 11 is 0. The standard InChI is InChI=1S/C39H41N5O10/c1-23(17-24(38(49)50)18-34(46)47)37(48)42-35-30-20-44(43-36(30)41-22-40-35)33-19-31(45)32(54-33)21-53-39(25-7-5-4-6-8-25,26-9-13-28(51-2)14-10-26)27-11-15-29(52-3)16-12-27/h4-16,20,22-24,31-33,45H,17-19,21H2,1-3H3,(H,46,47)(H,49,50)(H,40,41,42,43,48)/t23?,24?,31-,32+,33-/m0/s1. The number of carbonyl (C=O) groups is 3. The van der Waals surface area contributed by atoms with Crippen LogP contribution in [0.1, 0.15) is 49.1 Å². The van der Waals surface area contributed by atoms with E-state index in [4.69, 9.17) is 24.1 Å². The van der Waals surface area contributed by atoms with Crippen molar-refractivity contribution < 1.29 is 48.7 Å². The Balaban J connectivity index is 1.23. The van der Waals surface area contributed by atoms with Gasteiger partial charge in [-0.2, -0.15) is 0 Å². The van der Waals surface area contributed by atoms with Gasteiger partial charge < -0.3 is 39.6 Å². The summed E-state index contributed by atoms with van der Waals surface area (Å²) in [5.74, 6) is -3.66. The lowest BCUT2D eigenvalue weighted by molar-refractivity contribution is -0.149. The molecule has 0 bridgehead atoms. The van der Waals surface area contributed by atoms with Crippen LogP contribution in [0, 0.1) is 11.8 Å². The SMILES string of the molecule is COc1ccc(C(OC[C@H]2O[C@H](n3cc4c(NC(=O)C(C)CC(CC(=O)O)C(=O)O)ncnc4n3)C[C@@H]2O)(c2ccccc2)c2ccc(OC)cc2)cc1. The van der Waals surface area contributed by atoms with Crippen molar-refractivity contribution in [3.63, 3.8) is 0 Å². The molecule has 282 valence electrons. The number of aromatic nitrogens is 4. The molecule has 0 aliphatic carbocycles. The number of carboxylic acid groups (broad SMARTS) is 2. The fourth-order valence-electron chi connectivity index (χ4n) is 6.67. The van der Waals surface area contributed by atoms with Crippen molar-refractivity contribution in [2.75, 3.05) is 26.1 Å². The van der Waals surface area contributed by atoms with Gasteiger partial charge in [0.2, 0.25) is 5.91 Å². The van der Waals surface area contributed by atoms with Crippen LogP contribution in [0.15, 0.2) is 91.4 Å². The van der Waals surface area contributed by atoms with Crippen LogP contribution in [0.25, 0.3) is 11.0 Å². The Labute approximate surface area is 310 Å². The fourth-order valence-corrected chi connectivity index (χ4v) is 6.67. The predicted octanol–water partition coefficient (Wildman–Crippen LogP) is 4.64. The summed E-state index contributed by atoms with van der Waals surface area (Å²) < 4.78 is 25.7. The molecule has 1 fully saturated rings. The van der Waals surface area contributed by atoms with Crippen LogP contribution in [0.2, 0.25) is 0 Å². The minimum absolute atomic E-state index is 0.0103. The number of nitrogens with zero attached hydrogens (tertiary/aromatic N) is 4. The van der Waals surface area contributed by atoms with E-state index >= 15 is 0 Å². The molecule has 0 radical (unpaired) electrons. The molecule has 15 nitrogen and oxygen atoms in total. The number of carboxylic acids is 2. The Bertz CT molecular complexity index is 2030. The number of benzene rings is 3. The molecule has 6 rings (SSSR count). The third-order valence-electron chi connectivity index (χ3n) is 9.57. The topological polar surface area (TPSA) is 204 Å². The zero-order chi connectivity index (χ0) is 38.4. The van der Waals surface area contributed by atoms with Gasteiger partial charge in [-0.3, -0.25) is 14.4 Å². The predicted molar refractivity (Wildman–Crippen MR) is 194 cm³/mol. The molecule has 2 aromatic heterocycles. The molecule has 1 aliphatic heterocycles. The molecule has 5 aromatic rings. The highest BCUT2D eigenvalue weighted by atomic mass is 16.6. The average molecular weight is 740 g/mol. The second-order valence-electron chi connectivity index (χ2n) is 13.1. The van der Waals surface area contributed by atoms with E-state index in [2.05, 4.69) is 20.4 Å². The fraction of sp³-hybridized carbons (Fsp3) is 0.333. The van der Waals surface area contributed by atoms with Gasteiger partial charge in [-0.05, 0) is 47.4 Å². The highest BCUT2D eigenvalue weighted by molar-refractivity contribution is 5.99. The smallest absolute Gasteiger partial charge is 0.307 e. The van der Waals surface area contributed by atoms with Crippen LogP contribution in [-0.4, -0.2) is 85.9 Å². The number of aliphatic carboxylic acids is 2. The Morgan fingerprint density at radius 1 is 0.926 bits per heavy atom. The van der Waals surface area contributed by atoms with Crippen molar-refractivity contribution in [2.45, 2.75) is 50.2 Å². The summed E-state index contributed by atoms with van der Waals surface area (Å²) in [6, 6.07) is 25.0. The van der Waals surface area contributed by atoms with Crippen LogP contribution in [0.5, 0.6) is 11.5 Å². The molecule has 1 aliphatic rings. The summed E-state index contributed by atoms with van der Waals surface area (Å²) in [5, 5.41) is 37.4. The molecule has 1 saturated heterocycles. The molecule has 4 N–H and O–H groups in total. The molecule has 5 atom stereocenters. The molecule has 1 amide bonds. The monoisotopic (exact) mass is 739 g/mol. The second-order valence-corrected chi connectivity index (χ2v) is 13.1. The van der Waals surface area contributed by atoms with Crippen LogP contribution >= 0.6 is 0 Å². The van der Waals surface area contributed by atoms with E-state index in [9.17, 15) is 24.6 Å².